The number of ether oxygens (including phenoxy) is 1. The van der Waals surface area contributed by atoms with E-state index >= 15 is 0 Å². The Morgan fingerprint density at radius 3 is 2.89 bits per heavy atom. The summed E-state index contributed by atoms with van der Waals surface area (Å²) in [7, 11) is 1.48. The Bertz CT molecular complexity index is 617. The molecule has 5 nitrogen and oxygen atoms in total. The Balaban J connectivity index is 2.31. The number of nitrogens with zero attached hydrogens (tertiary/aromatic N) is 1. The van der Waals surface area contributed by atoms with E-state index < -0.39 is 0 Å². The predicted octanol–water partition coefficient (Wildman–Crippen LogP) is 2.69. The number of anilines is 2. The van der Waals surface area contributed by atoms with Gasteiger partial charge in [-0.25, -0.2) is 0 Å². The second-order valence-electron chi connectivity index (χ2n) is 3.74. The van der Waals surface area contributed by atoms with E-state index in [2.05, 4.69) is 26.2 Å². The number of carbonyl (C=O) groups is 1. The summed E-state index contributed by atoms with van der Waals surface area (Å²) >= 11 is 3.31. The molecule has 0 fully saturated rings. The number of hydrogen-bond donors (Lipinski definition) is 2. The molecule has 3 N–H and O–H groups in total. The van der Waals surface area contributed by atoms with E-state index in [4.69, 9.17) is 10.5 Å². The minimum atomic E-state index is -0.295. The number of halogens is 1. The lowest BCUT2D eigenvalue weighted by Crippen LogP contribution is -2.14. The third-order valence-electron chi connectivity index (χ3n) is 2.51. The molecule has 98 valence electrons. The number of pyridine rings is 1. The van der Waals surface area contributed by atoms with Gasteiger partial charge in [0.1, 0.15) is 0 Å². The highest BCUT2D eigenvalue weighted by Crippen LogP contribution is 2.27. The fourth-order valence-corrected chi connectivity index (χ4v) is 1.98. The second-order valence-corrected chi connectivity index (χ2v) is 4.59. The van der Waals surface area contributed by atoms with Crippen molar-refractivity contribution in [3.05, 3.63) is 46.7 Å². The standard InChI is InChI=1S/C13H12BrN3O2/c1-19-12-8(3-2-4-10(12)15)13(18)17-11-5-6-16-7-9(11)14/h2-7H,15H2,1H3,(H,16,17,18). The van der Waals surface area contributed by atoms with Crippen LogP contribution in [0.3, 0.4) is 0 Å². The zero-order chi connectivity index (χ0) is 13.8. The molecule has 0 atom stereocenters. The minimum Gasteiger partial charge on any atom is -0.494 e. The van der Waals surface area contributed by atoms with Crippen molar-refractivity contribution in [2.75, 3.05) is 18.2 Å². The number of benzene rings is 1. The average molecular weight is 322 g/mol. The molecule has 1 heterocycles. The highest BCUT2D eigenvalue weighted by Gasteiger charge is 2.15. The SMILES string of the molecule is COc1c(N)cccc1C(=O)Nc1ccncc1Br. The zero-order valence-electron chi connectivity index (χ0n) is 10.2. The van der Waals surface area contributed by atoms with Crippen LogP contribution in [0.1, 0.15) is 10.4 Å². The Hall–Kier alpha value is -2.08. The van der Waals surface area contributed by atoms with Gasteiger partial charge in [-0.15, -0.1) is 0 Å². The van der Waals surface area contributed by atoms with E-state index in [1.807, 2.05) is 0 Å². The lowest BCUT2D eigenvalue weighted by molar-refractivity contribution is 0.102. The number of para-hydroxylation sites is 1. The maximum atomic E-state index is 12.2. The molecule has 0 radical (unpaired) electrons. The van der Waals surface area contributed by atoms with E-state index in [0.29, 0.717) is 27.2 Å². The molecule has 0 aliphatic carbocycles. The molecule has 6 heteroatoms. The van der Waals surface area contributed by atoms with Crippen LogP contribution >= 0.6 is 15.9 Å². The normalized spacial score (nSPS) is 10.0. The third-order valence-corrected chi connectivity index (χ3v) is 3.15. The summed E-state index contributed by atoms with van der Waals surface area (Å²) in [5.74, 6) is 0.0706. The Kier molecular flexibility index (Phi) is 4.01. The summed E-state index contributed by atoms with van der Waals surface area (Å²) in [4.78, 5) is 16.1. The summed E-state index contributed by atoms with van der Waals surface area (Å²) < 4.78 is 5.86. The van der Waals surface area contributed by atoms with Gasteiger partial charge in [0.15, 0.2) is 5.75 Å². The fraction of sp³-hybridized carbons (Fsp3) is 0.0769. The van der Waals surface area contributed by atoms with Crippen LogP contribution in [0, 0.1) is 0 Å². The van der Waals surface area contributed by atoms with Crippen molar-refractivity contribution in [3.63, 3.8) is 0 Å². The van der Waals surface area contributed by atoms with Crippen molar-refractivity contribution in [2.24, 2.45) is 0 Å². The quantitative estimate of drug-likeness (QED) is 0.852. The maximum absolute atomic E-state index is 12.2. The van der Waals surface area contributed by atoms with Crippen molar-refractivity contribution in [2.45, 2.75) is 0 Å². The summed E-state index contributed by atoms with van der Waals surface area (Å²) in [6, 6.07) is 6.73. The third kappa shape index (κ3) is 2.85. The molecule has 19 heavy (non-hydrogen) atoms. The zero-order valence-corrected chi connectivity index (χ0v) is 11.8. The minimum absolute atomic E-state index is 0.295. The predicted molar refractivity (Wildman–Crippen MR) is 77.3 cm³/mol. The molecule has 0 aliphatic rings. The number of nitrogen functional groups attached to an aromatic ring is 1. The number of hydrogen-bond acceptors (Lipinski definition) is 4. The fourth-order valence-electron chi connectivity index (χ4n) is 1.63. The molecular formula is C13H12BrN3O2. The van der Waals surface area contributed by atoms with Crippen molar-refractivity contribution in [1.82, 2.24) is 4.98 Å². The monoisotopic (exact) mass is 321 g/mol. The summed E-state index contributed by atoms with van der Waals surface area (Å²) in [6.07, 6.45) is 3.20. The Morgan fingerprint density at radius 1 is 1.42 bits per heavy atom. The van der Waals surface area contributed by atoms with E-state index in [9.17, 15) is 4.79 Å². The van der Waals surface area contributed by atoms with Gasteiger partial charge in [-0.1, -0.05) is 6.07 Å². The van der Waals surface area contributed by atoms with Crippen LogP contribution in [0.4, 0.5) is 11.4 Å². The number of nitrogens with one attached hydrogen (secondary N) is 1. The molecule has 1 aromatic heterocycles. The molecule has 0 bridgehead atoms. The van der Waals surface area contributed by atoms with E-state index in [1.165, 1.54) is 7.11 Å². The van der Waals surface area contributed by atoms with Gasteiger partial charge in [-0.3, -0.25) is 9.78 Å². The van der Waals surface area contributed by atoms with Crippen molar-refractivity contribution < 1.29 is 9.53 Å². The molecule has 0 spiro atoms. The Morgan fingerprint density at radius 2 is 2.21 bits per heavy atom. The average Bonchev–Trinajstić information content (AvgIpc) is 2.41. The number of amides is 1. The van der Waals surface area contributed by atoms with Gasteiger partial charge in [-0.05, 0) is 34.1 Å². The first-order valence-electron chi connectivity index (χ1n) is 5.47. The first-order valence-corrected chi connectivity index (χ1v) is 6.26. The van der Waals surface area contributed by atoms with Crippen LogP contribution in [0.2, 0.25) is 0 Å². The Labute approximate surface area is 118 Å². The van der Waals surface area contributed by atoms with E-state index in [1.54, 1.807) is 36.7 Å². The van der Waals surface area contributed by atoms with E-state index in [0.717, 1.165) is 0 Å². The van der Waals surface area contributed by atoms with Crippen LogP contribution in [0.15, 0.2) is 41.1 Å². The lowest BCUT2D eigenvalue weighted by atomic mass is 10.1. The van der Waals surface area contributed by atoms with Crippen LogP contribution < -0.4 is 15.8 Å². The van der Waals surface area contributed by atoms with Gasteiger partial charge in [0, 0.05) is 12.4 Å². The van der Waals surface area contributed by atoms with Crippen molar-refractivity contribution in [1.29, 1.82) is 0 Å². The molecule has 0 saturated carbocycles. The highest BCUT2D eigenvalue weighted by molar-refractivity contribution is 9.10. The first-order chi connectivity index (χ1) is 9.13. The maximum Gasteiger partial charge on any atom is 0.259 e. The van der Waals surface area contributed by atoms with Gasteiger partial charge in [0.2, 0.25) is 0 Å². The van der Waals surface area contributed by atoms with Crippen LogP contribution in [0.25, 0.3) is 0 Å². The van der Waals surface area contributed by atoms with Gasteiger partial charge in [0.05, 0.1) is 28.5 Å². The van der Waals surface area contributed by atoms with Crippen molar-refractivity contribution >= 4 is 33.2 Å². The van der Waals surface area contributed by atoms with Crippen molar-refractivity contribution in [3.8, 4) is 5.75 Å². The van der Waals surface area contributed by atoms with Crippen LogP contribution in [-0.4, -0.2) is 18.0 Å². The number of nitrogens with two attached hydrogens (primary N) is 1. The topological polar surface area (TPSA) is 77.2 Å². The van der Waals surface area contributed by atoms with E-state index in [-0.39, 0.29) is 5.91 Å². The molecule has 1 aromatic carbocycles. The van der Waals surface area contributed by atoms with Gasteiger partial charge in [-0.2, -0.15) is 0 Å². The summed E-state index contributed by atoms with van der Waals surface area (Å²) in [5, 5.41) is 2.77. The molecule has 0 unspecified atom stereocenters. The van der Waals surface area contributed by atoms with Gasteiger partial charge in [0.25, 0.3) is 5.91 Å². The number of rotatable bonds is 3. The lowest BCUT2D eigenvalue weighted by Gasteiger charge is -2.11. The smallest absolute Gasteiger partial charge is 0.259 e. The van der Waals surface area contributed by atoms with Gasteiger partial charge >= 0.3 is 0 Å². The highest BCUT2D eigenvalue weighted by atomic mass is 79.9. The number of carbonyl (C=O) groups excluding carboxylic acids is 1. The molecule has 2 rings (SSSR count). The largest absolute Gasteiger partial charge is 0.494 e. The summed E-state index contributed by atoms with van der Waals surface area (Å²) in [6.45, 7) is 0. The second kappa shape index (κ2) is 5.71. The summed E-state index contributed by atoms with van der Waals surface area (Å²) in [5.41, 5.74) is 7.20. The van der Waals surface area contributed by atoms with Crippen LogP contribution in [-0.2, 0) is 0 Å². The van der Waals surface area contributed by atoms with Gasteiger partial charge < -0.3 is 15.8 Å². The number of methoxy groups -OCH3 is 1. The number of aromatic nitrogens is 1. The molecule has 0 saturated heterocycles. The first kappa shape index (κ1) is 13.4. The molecule has 1 amide bonds. The molecular weight excluding hydrogens is 310 g/mol. The van der Waals surface area contributed by atoms with Crippen LogP contribution in [0.5, 0.6) is 5.75 Å². The molecule has 0 aliphatic heterocycles. The molecule has 2 aromatic rings.